The molecule has 2 aromatic rings. The van der Waals surface area contributed by atoms with E-state index in [9.17, 15) is 4.79 Å². The number of anilines is 1. The summed E-state index contributed by atoms with van der Waals surface area (Å²) >= 11 is 6.02. The van der Waals surface area contributed by atoms with Gasteiger partial charge in [-0.05, 0) is 37.4 Å². The van der Waals surface area contributed by atoms with Crippen molar-refractivity contribution in [1.29, 1.82) is 0 Å². The molecule has 7 heteroatoms. The Labute approximate surface area is 127 Å². The van der Waals surface area contributed by atoms with Gasteiger partial charge in [0.05, 0.1) is 17.1 Å². The molecule has 0 radical (unpaired) electrons. The Hall–Kier alpha value is -1.30. The number of amides is 1. The molecule has 1 heterocycles. The van der Waals surface area contributed by atoms with Crippen LogP contribution in [0.5, 0.6) is 0 Å². The highest BCUT2D eigenvalue weighted by Crippen LogP contribution is 2.27. The minimum Gasteiger partial charge on any atom is -0.324 e. The first-order valence-electron chi connectivity index (χ1n) is 6.37. The lowest BCUT2D eigenvalue weighted by Crippen LogP contribution is -2.29. The molecule has 0 saturated heterocycles. The predicted molar refractivity (Wildman–Crippen MR) is 82.6 cm³/mol. The number of aromatic nitrogens is 2. The van der Waals surface area contributed by atoms with E-state index in [1.807, 2.05) is 12.1 Å². The van der Waals surface area contributed by atoms with Crippen LogP contribution in [0.1, 0.15) is 12.8 Å². The van der Waals surface area contributed by atoms with Gasteiger partial charge in [-0.15, -0.1) is 12.4 Å². The summed E-state index contributed by atoms with van der Waals surface area (Å²) in [6.07, 6.45) is 2.55. The zero-order chi connectivity index (χ0) is 13.2. The quantitative estimate of drug-likeness (QED) is 0.794. The highest BCUT2D eigenvalue weighted by molar-refractivity contribution is 6.35. The lowest BCUT2D eigenvalue weighted by molar-refractivity contribution is -0.115. The van der Waals surface area contributed by atoms with Crippen molar-refractivity contribution < 1.29 is 4.79 Å². The molecular formula is C13H16Cl2N4O. The molecular weight excluding hydrogens is 299 g/mol. The van der Waals surface area contributed by atoms with Crippen LogP contribution in [-0.2, 0) is 4.79 Å². The zero-order valence-electron chi connectivity index (χ0n) is 10.8. The summed E-state index contributed by atoms with van der Waals surface area (Å²) in [5, 5.41) is 6.43. The molecule has 1 aromatic carbocycles. The Morgan fingerprint density at radius 3 is 2.95 bits per heavy atom. The molecule has 3 N–H and O–H groups in total. The smallest absolute Gasteiger partial charge is 0.240 e. The number of para-hydroxylation sites is 1. The number of nitrogens with zero attached hydrogens (tertiary/aromatic N) is 1. The number of halogens is 2. The number of rotatable bonds is 5. The first kappa shape index (κ1) is 15.1. The number of carbonyl (C=O) groups is 1. The summed E-state index contributed by atoms with van der Waals surface area (Å²) < 4.78 is 0. The molecule has 1 saturated carbocycles. The van der Waals surface area contributed by atoms with E-state index in [1.54, 1.807) is 6.07 Å². The summed E-state index contributed by atoms with van der Waals surface area (Å²) in [4.78, 5) is 19.0. The minimum atomic E-state index is -0.101. The van der Waals surface area contributed by atoms with E-state index < -0.39 is 0 Å². The number of H-pyrrole nitrogens is 1. The van der Waals surface area contributed by atoms with Gasteiger partial charge in [0.2, 0.25) is 11.9 Å². The molecule has 1 aromatic heterocycles. The van der Waals surface area contributed by atoms with Crippen LogP contribution in [0.3, 0.4) is 0 Å². The molecule has 0 unspecified atom stereocenters. The fourth-order valence-corrected chi connectivity index (χ4v) is 2.16. The Morgan fingerprint density at radius 2 is 2.25 bits per heavy atom. The van der Waals surface area contributed by atoms with Crippen LogP contribution in [0.4, 0.5) is 5.95 Å². The van der Waals surface area contributed by atoms with Crippen LogP contribution >= 0.6 is 24.0 Å². The van der Waals surface area contributed by atoms with Crippen molar-refractivity contribution in [1.82, 2.24) is 15.3 Å². The molecule has 1 amide bonds. The van der Waals surface area contributed by atoms with Crippen LogP contribution in [0.2, 0.25) is 5.02 Å². The Kier molecular flexibility index (Phi) is 4.86. The summed E-state index contributed by atoms with van der Waals surface area (Å²) in [5.74, 6) is 1.09. The number of carbonyl (C=O) groups excluding carboxylic acids is 1. The third-order valence-electron chi connectivity index (χ3n) is 3.14. The van der Waals surface area contributed by atoms with E-state index in [1.165, 1.54) is 12.8 Å². The van der Waals surface area contributed by atoms with Gasteiger partial charge in [0, 0.05) is 0 Å². The molecule has 1 aliphatic rings. The molecule has 20 heavy (non-hydrogen) atoms. The normalized spacial score (nSPS) is 14.1. The zero-order valence-corrected chi connectivity index (χ0v) is 12.4. The standard InChI is InChI=1S/C13H15ClN4O.ClH/c14-9-2-1-3-10-12(9)18-13(16-10)17-11(19)7-15-6-8-4-5-8;/h1-3,8,15H,4-7H2,(H2,16,17,18,19);1H. The number of nitrogens with one attached hydrogen (secondary N) is 3. The van der Waals surface area contributed by atoms with E-state index in [0.29, 0.717) is 23.0 Å². The average molecular weight is 315 g/mol. The van der Waals surface area contributed by atoms with Crippen molar-refractivity contribution in [3.05, 3.63) is 23.2 Å². The maximum absolute atomic E-state index is 11.7. The predicted octanol–water partition coefficient (Wildman–Crippen LogP) is 2.58. The SMILES string of the molecule is Cl.O=C(CNCC1CC1)Nc1nc2c(Cl)cccc2[nH]1. The largest absolute Gasteiger partial charge is 0.324 e. The van der Waals surface area contributed by atoms with Crippen molar-refractivity contribution >= 4 is 46.9 Å². The van der Waals surface area contributed by atoms with Crippen LogP contribution in [0.15, 0.2) is 18.2 Å². The highest BCUT2D eigenvalue weighted by Gasteiger charge is 2.20. The summed E-state index contributed by atoms with van der Waals surface area (Å²) in [6.45, 7) is 1.22. The lowest BCUT2D eigenvalue weighted by Gasteiger charge is -2.03. The average Bonchev–Trinajstić information content (AvgIpc) is 3.09. The third kappa shape index (κ3) is 3.62. The molecule has 3 rings (SSSR count). The van der Waals surface area contributed by atoms with Crippen LogP contribution < -0.4 is 10.6 Å². The number of hydrogen-bond acceptors (Lipinski definition) is 3. The Morgan fingerprint density at radius 1 is 1.45 bits per heavy atom. The fourth-order valence-electron chi connectivity index (χ4n) is 1.94. The molecule has 0 atom stereocenters. The number of aromatic amines is 1. The third-order valence-corrected chi connectivity index (χ3v) is 3.44. The van der Waals surface area contributed by atoms with Crippen molar-refractivity contribution in [2.24, 2.45) is 5.92 Å². The Bertz CT molecular complexity index is 609. The second-order valence-electron chi connectivity index (χ2n) is 4.84. The van der Waals surface area contributed by atoms with Gasteiger partial charge in [0.1, 0.15) is 5.52 Å². The summed E-state index contributed by atoms with van der Waals surface area (Å²) in [6, 6.07) is 5.48. The van der Waals surface area contributed by atoms with Crippen molar-refractivity contribution in [3.8, 4) is 0 Å². The van der Waals surface area contributed by atoms with Gasteiger partial charge in [-0.25, -0.2) is 4.98 Å². The number of hydrogen-bond donors (Lipinski definition) is 3. The minimum absolute atomic E-state index is 0. The van der Waals surface area contributed by atoms with E-state index in [-0.39, 0.29) is 18.3 Å². The molecule has 1 aliphatic carbocycles. The first-order chi connectivity index (χ1) is 9.22. The van der Waals surface area contributed by atoms with Gasteiger partial charge in [0.25, 0.3) is 0 Å². The second-order valence-corrected chi connectivity index (χ2v) is 5.25. The molecule has 1 fully saturated rings. The fraction of sp³-hybridized carbons (Fsp3) is 0.385. The van der Waals surface area contributed by atoms with Crippen LogP contribution in [-0.4, -0.2) is 29.0 Å². The van der Waals surface area contributed by atoms with Gasteiger partial charge >= 0.3 is 0 Å². The first-order valence-corrected chi connectivity index (χ1v) is 6.75. The summed E-state index contributed by atoms with van der Waals surface area (Å²) in [5.41, 5.74) is 1.49. The van der Waals surface area contributed by atoms with Crippen molar-refractivity contribution in [2.45, 2.75) is 12.8 Å². The van der Waals surface area contributed by atoms with Gasteiger partial charge < -0.3 is 10.3 Å². The highest BCUT2D eigenvalue weighted by atomic mass is 35.5. The van der Waals surface area contributed by atoms with Crippen LogP contribution in [0, 0.1) is 5.92 Å². The summed E-state index contributed by atoms with van der Waals surface area (Å²) in [7, 11) is 0. The number of fused-ring (bicyclic) bond motifs is 1. The Balaban J connectivity index is 0.00000147. The molecule has 5 nitrogen and oxygen atoms in total. The van der Waals surface area contributed by atoms with Crippen molar-refractivity contribution in [3.63, 3.8) is 0 Å². The van der Waals surface area contributed by atoms with Gasteiger partial charge in [-0.1, -0.05) is 17.7 Å². The van der Waals surface area contributed by atoms with Gasteiger partial charge in [-0.2, -0.15) is 0 Å². The lowest BCUT2D eigenvalue weighted by atomic mass is 10.3. The van der Waals surface area contributed by atoms with Crippen LogP contribution in [0.25, 0.3) is 11.0 Å². The van der Waals surface area contributed by atoms with E-state index >= 15 is 0 Å². The second kappa shape index (κ2) is 6.43. The molecule has 0 aliphatic heterocycles. The number of benzene rings is 1. The topological polar surface area (TPSA) is 69.8 Å². The van der Waals surface area contributed by atoms with Gasteiger partial charge in [0.15, 0.2) is 0 Å². The van der Waals surface area contributed by atoms with Crippen molar-refractivity contribution in [2.75, 3.05) is 18.4 Å². The van der Waals surface area contributed by atoms with Gasteiger partial charge in [-0.3, -0.25) is 10.1 Å². The van der Waals surface area contributed by atoms with E-state index in [0.717, 1.165) is 18.0 Å². The molecule has 0 bridgehead atoms. The number of imidazole rings is 1. The monoisotopic (exact) mass is 314 g/mol. The molecule has 108 valence electrons. The van der Waals surface area contributed by atoms with E-state index in [4.69, 9.17) is 11.6 Å². The maximum Gasteiger partial charge on any atom is 0.240 e. The molecule has 0 spiro atoms. The maximum atomic E-state index is 11.7. The van der Waals surface area contributed by atoms with E-state index in [2.05, 4.69) is 20.6 Å².